The van der Waals surface area contributed by atoms with Gasteiger partial charge in [-0.1, -0.05) is 0 Å². The molecule has 2 rings (SSSR count). The Kier molecular flexibility index (Phi) is 6.10. The van der Waals surface area contributed by atoms with E-state index < -0.39 is 0 Å². The van der Waals surface area contributed by atoms with E-state index in [2.05, 4.69) is 54.1 Å². The van der Waals surface area contributed by atoms with Crippen LogP contribution in [0.1, 0.15) is 44.2 Å². The molecule has 0 saturated carbocycles. The Hall–Kier alpha value is -0.626. The summed E-state index contributed by atoms with van der Waals surface area (Å²) in [6, 6.07) is 8.92. The fraction of sp³-hybridized carbons (Fsp3) is 0.412. The fourth-order valence-electron chi connectivity index (χ4n) is 2.35. The number of hydrogen-bond donors (Lipinski definition) is 1. The number of unbranched alkanes of at least 4 members (excludes halogenated alkanes) is 1. The number of allylic oxidation sites excluding steroid dienone is 4. The van der Waals surface area contributed by atoms with Gasteiger partial charge in [-0.2, -0.15) is 0 Å². The van der Waals surface area contributed by atoms with E-state index >= 15 is 0 Å². The Morgan fingerprint density at radius 3 is 2.84 bits per heavy atom. The molecule has 1 nitrogen and oxygen atoms in total. The van der Waals surface area contributed by atoms with Crippen molar-refractivity contribution < 1.29 is 19.4 Å². The molecule has 0 radical (unpaired) electrons. The topological polar surface area (TPSA) is 12.0 Å². The summed E-state index contributed by atoms with van der Waals surface area (Å²) >= 11 is -0.0386. The average molecular weight is 289 g/mol. The summed E-state index contributed by atoms with van der Waals surface area (Å²) in [4.78, 5) is 0. The monoisotopic (exact) mass is 289 g/mol. The van der Waals surface area contributed by atoms with Crippen LogP contribution < -0.4 is 3.80 Å². The molecule has 100 valence electrons. The summed E-state index contributed by atoms with van der Waals surface area (Å²) in [7, 11) is 0. The maximum atomic E-state index is 3.65. The van der Waals surface area contributed by atoms with E-state index in [0.717, 1.165) is 6.42 Å². The van der Waals surface area contributed by atoms with E-state index in [4.69, 9.17) is 0 Å². The van der Waals surface area contributed by atoms with Crippen LogP contribution in [0.5, 0.6) is 0 Å². The van der Waals surface area contributed by atoms with Gasteiger partial charge in [-0.05, 0) is 0 Å². The molecule has 0 fully saturated rings. The summed E-state index contributed by atoms with van der Waals surface area (Å²) in [5, 5.41) is 0. The van der Waals surface area contributed by atoms with Gasteiger partial charge in [0.2, 0.25) is 0 Å². The molecule has 1 aromatic rings. The molecule has 0 aliphatic heterocycles. The van der Waals surface area contributed by atoms with Gasteiger partial charge in [0.1, 0.15) is 0 Å². The third kappa shape index (κ3) is 4.45. The normalized spacial score (nSPS) is 14.2. The summed E-state index contributed by atoms with van der Waals surface area (Å²) in [5.74, 6) is 0. The van der Waals surface area contributed by atoms with E-state index in [-0.39, 0.29) is 19.4 Å². The Balaban J connectivity index is 1.95. The first-order valence-corrected chi connectivity index (χ1v) is 9.11. The molecule has 0 bridgehead atoms. The van der Waals surface area contributed by atoms with Crippen molar-refractivity contribution >= 4 is 5.57 Å². The average Bonchev–Trinajstić information content (AvgIpc) is 2.85. The fourth-order valence-corrected chi connectivity index (χ4v) is 3.88. The minimum absolute atomic E-state index is 0.0386. The summed E-state index contributed by atoms with van der Waals surface area (Å²) < 4.78 is 4.90. The predicted octanol–water partition coefficient (Wildman–Crippen LogP) is 4.31. The van der Waals surface area contributed by atoms with E-state index in [1.54, 1.807) is 0 Å². The van der Waals surface area contributed by atoms with E-state index in [0.29, 0.717) is 0 Å². The van der Waals surface area contributed by atoms with Crippen molar-refractivity contribution in [1.29, 1.82) is 0 Å². The SMILES string of the molecule is CCCC[NH][Ti][CH2]c1ccccc1C1=CC(C)=CC1. The van der Waals surface area contributed by atoms with Gasteiger partial charge >= 0.3 is 126 Å². The Morgan fingerprint density at radius 2 is 2.11 bits per heavy atom. The molecule has 0 heterocycles. The first-order valence-electron chi connectivity index (χ1n) is 7.22. The molecule has 1 aliphatic rings. The van der Waals surface area contributed by atoms with Crippen LogP contribution in [0, 0.1) is 0 Å². The predicted molar refractivity (Wildman–Crippen MR) is 79.4 cm³/mol. The van der Waals surface area contributed by atoms with Crippen molar-refractivity contribution in [3.63, 3.8) is 0 Å². The zero-order chi connectivity index (χ0) is 13.5. The van der Waals surface area contributed by atoms with Crippen molar-refractivity contribution in [3.8, 4) is 0 Å². The van der Waals surface area contributed by atoms with Crippen LogP contribution in [-0.2, 0) is 24.1 Å². The first-order chi connectivity index (χ1) is 9.31. The molecular weight excluding hydrogens is 266 g/mol. The van der Waals surface area contributed by atoms with Crippen molar-refractivity contribution in [1.82, 2.24) is 3.80 Å². The second-order valence-corrected chi connectivity index (χ2v) is 6.77. The molecule has 0 saturated heterocycles. The molecule has 0 amide bonds. The van der Waals surface area contributed by atoms with Gasteiger partial charge in [0.15, 0.2) is 0 Å². The van der Waals surface area contributed by atoms with Crippen molar-refractivity contribution in [2.45, 2.75) is 37.8 Å². The zero-order valence-corrected chi connectivity index (χ0v) is 13.6. The van der Waals surface area contributed by atoms with Crippen molar-refractivity contribution in [3.05, 3.63) is 53.1 Å². The van der Waals surface area contributed by atoms with Gasteiger partial charge in [0, 0.05) is 0 Å². The molecule has 0 aromatic heterocycles. The molecule has 1 aliphatic carbocycles. The summed E-state index contributed by atoms with van der Waals surface area (Å²) in [6.45, 7) is 5.64. The van der Waals surface area contributed by atoms with Crippen LogP contribution in [0.25, 0.3) is 5.57 Å². The Bertz CT molecular complexity index is 474. The van der Waals surface area contributed by atoms with Crippen LogP contribution in [0.4, 0.5) is 0 Å². The Morgan fingerprint density at radius 1 is 1.26 bits per heavy atom. The first kappa shape index (κ1) is 14.8. The van der Waals surface area contributed by atoms with Crippen LogP contribution in [0.2, 0.25) is 0 Å². The molecule has 0 atom stereocenters. The van der Waals surface area contributed by atoms with Crippen molar-refractivity contribution in [2.24, 2.45) is 0 Å². The third-order valence-corrected chi connectivity index (χ3v) is 5.12. The van der Waals surface area contributed by atoms with Crippen LogP contribution in [-0.4, -0.2) is 6.54 Å². The molecule has 19 heavy (non-hydrogen) atoms. The summed E-state index contributed by atoms with van der Waals surface area (Å²) in [6.07, 6.45) is 8.35. The summed E-state index contributed by atoms with van der Waals surface area (Å²) in [5.41, 5.74) is 5.90. The van der Waals surface area contributed by atoms with Gasteiger partial charge in [-0.25, -0.2) is 0 Å². The number of benzene rings is 1. The molecule has 1 N–H and O–H groups in total. The van der Waals surface area contributed by atoms with Crippen LogP contribution in [0.3, 0.4) is 0 Å². The van der Waals surface area contributed by atoms with E-state index in [9.17, 15) is 0 Å². The Labute approximate surface area is 126 Å². The number of rotatable bonds is 7. The molecule has 1 aromatic carbocycles. The molecule has 0 spiro atoms. The molecule has 0 unspecified atom stereocenters. The minimum atomic E-state index is -0.0386. The number of nitrogens with one attached hydrogen (secondary N) is 1. The zero-order valence-electron chi connectivity index (χ0n) is 12.0. The van der Waals surface area contributed by atoms with Gasteiger partial charge in [0.25, 0.3) is 0 Å². The van der Waals surface area contributed by atoms with Crippen LogP contribution in [0.15, 0.2) is 42.0 Å². The van der Waals surface area contributed by atoms with E-state index in [1.165, 1.54) is 46.4 Å². The van der Waals surface area contributed by atoms with E-state index in [1.807, 2.05) is 0 Å². The van der Waals surface area contributed by atoms with Gasteiger partial charge in [-0.3, -0.25) is 0 Å². The molecular formula is C17H23NTi. The second kappa shape index (κ2) is 7.84. The quantitative estimate of drug-likeness (QED) is 0.582. The molecule has 2 heteroatoms. The maximum absolute atomic E-state index is 3.65. The van der Waals surface area contributed by atoms with Crippen molar-refractivity contribution in [2.75, 3.05) is 6.54 Å². The number of hydrogen-bond acceptors (Lipinski definition) is 1. The van der Waals surface area contributed by atoms with Gasteiger partial charge < -0.3 is 0 Å². The third-order valence-electron chi connectivity index (χ3n) is 3.47. The van der Waals surface area contributed by atoms with Crippen LogP contribution >= 0.6 is 0 Å². The van der Waals surface area contributed by atoms with Gasteiger partial charge in [0.05, 0.1) is 0 Å². The second-order valence-electron chi connectivity index (χ2n) is 5.11. The standard InChI is InChI=1S/C13H13.C4H10N.Ti/c1-10-7-8-12(9-10)13-6-4-3-5-11(13)2;1-2-3-4-5;/h3-7,9H,2,8H2,1H3;5H,2-4H2,1H3;/q;-1;+1. The van der Waals surface area contributed by atoms with Gasteiger partial charge in [-0.15, -0.1) is 0 Å².